The summed E-state index contributed by atoms with van der Waals surface area (Å²) in [6.45, 7) is 0. The molecule has 0 N–H and O–H groups in total. The SMILES string of the molecule is O=[P+]([O-])O[P+](=O)[O-].O=[P+]([O-])O[P+](=O)[O-].[Li+].[Li+].[Li+].[Li+]. The largest absolute Gasteiger partial charge is 1.00 e. The Morgan fingerprint density at radius 2 is 0.611 bits per heavy atom. The maximum Gasteiger partial charge on any atom is 1.00 e. The van der Waals surface area contributed by atoms with Gasteiger partial charge in [0.2, 0.25) is 0 Å². The zero-order valence-corrected chi connectivity index (χ0v) is 13.4. The van der Waals surface area contributed by atoms with Crippen LogP contribution in [-0.4, -0.2) is 0 Å². The normalized spacial score (nSPS) is 10.4. The third-order valence-corrected chi connectivity index (χ3v) is 2.40. The van der Waals surface area contributed by atoms with Crippen LogP contribution in [0.4, 0.5) is 0 Å². The maximum atomic E-state index is 9.24. The van der Waals surface area contributed by atoms with Crippen molar-refractivity contribution in [2.24, 2.45) is 0 Å². The van der Waals surface area contributed by atoms with Crippen molar-refractivity contribution in [2.45, 2.75) is 0 Å². The average Bonchev–Trinajstić information content (AvgIpc) is 1.79. The summed E-state index contributed by atoms with van der Waals surface area (Å²) in [5, 5.41) is 0. The molecule has 0 aliphatic rings. The van der Waals surface area contributed by atoms with Crippen molar-refractivity contribution in [3.8, 4) is 0 Å². The van der Waals surface area contributed by atoms with Crippen LogP contribution in [0.3, 0.4) is 0 Å². The van der Waals surface area contributed by atoms with E-state index < -0.39 is 33.0 Å². The molecule has 0 aliphatic heterocycles. The Bertz CT molecular complexity index is 204. The molecule has 18 heavy (non-hydrogen) atoms. The summed E-state index contributed by atoms with van der Waals surface area (Å²) in [7, 11) is -12.9. The zero-order valence-electron chi connectivity index (χ0n) is 9.87. The van der Waals surface area contributed by atoms with Crippen molar-refractivity contribution in [3.05, 3.63) is 0 Å². The molecule has 0 saturated heterocycles. The van der Waals surface area contributed by atoms with E-state index in [1.807, 2.05) is 0 Å². The first-order valence-electron chi connectivity index (χ1n) is 2.19. The van der Waals surface area contributed by atoms with Crippen LogP contribution in [0.15, 0.2) is 0 Å². The molecule has 0 spiro atoms. The van der Waals surface area contributed by atoms with Crippen LogP contribution in [0.25, 0.3) is 0 Å². The van der Waals surface area contributed by atoms with Crippen LogP contribution < -0.4 is 95.0 Å². The van der Waals surface area contributed by atoms with Crippen LogP contribution in [0.1, 0.15) is 0 Å². The molecule has 0 aromatic rings. The van der Waals surface area contributed by atoms with E-state index in [4.69, 9.17) is 0 Å². The molecule has 0 amide bonds. The second-order valence-electron chi connectivity index (χ2n) is 1.06. The van der Waals surface area contributed by atoms with Crippen LogP contribution in [-0.2, 0) is 26.9 Å². The summed E-state index contributed by atoms with van der Waals surface area (Å²) >= 11 is 0. The fourth-order valence-corrected chi connectivity index (χ4v) is 0.980. The van der Waals surface area contributed by atoms with E-state index in [1.165, 1.54) is 0 Å². The smallest absolute Gasteiger partial charge is 0.563 e. The van der Waals surface area contributed by atoms with Crippen LogP contribution in [0.5, 0.6) is 0 Å². The van der Waals surface area contributed by atoms with Gasteiger partial charge in [0.05, 0.1) is 0 Å². The van der Waals surface area contributed by atoms with Gasteiger partial charge in [-0.3, -0.25) is 0 Å². The molecule has 0 rings (SSSR count). The van der Waals surface area contributed by atoms with Gasteiger partial charge in [0.15, 0.2) is 0 Å². The predicted molar refractivity (Wildman–Crippen MR) is 32.6 cm³/mol. The van der Waals surface area contributed by atoms with Crippen LogP contribution >= 0.6 is 33.0 Å². The first kappa shape index (κ1) is 37.1. The standard InChI is InChI=1S/4Li.2O5P2/c;;;;2*1-6(2)5-7(3)4/q4*+1;;. The van der Waals surface area contributed by atoms with Gasteiger partial charge in [-0.15, -0.1) is 0 Å². The minimum absolute atomic E-state index is 0. The zero-order chi connectivity index (χ0) is 11.7. The molecule has 0 bridgehead atoms. The molecule has 80 valence electrons. The molecule has 10 nitrogen and oxygen atoms in total. The Labute approximate surface area is 153 Å². The number of hydrogen-bond donors (Lipinski definition) is 0. The molecule has 0 aromatic heterocycles. The second-order valence-corrected chi connectivity index (χ2v) is 4.15. The second kappa shape index (κ2) is 24.6. The molecule has 0 aliphatic carbocycles. The fourth-order valence-electron chi connectivity index (χ4n) is 0.109. The van der Waals surface area contributed by atoms with Crippen molar-refractivity contribution >= 4 is 33.0 Å². The molecule has 4 unspecified atom stereocenters. The molecule has 0 saturated carbocycles. The third-order valence-electron chi connectivity index (χ3n) is 0.267. The average molecular weight is 312 g/mol. The molecule has 4 atom stereocenters. The Hall–Kier alpha value is 2.55. The Morgan fingerprint density at radius 1 is 0.500 bits per heavy atom. The molecular weight excluding hydrogens is 312 g/mol. The fraction of sp³-hybridized carbons (Fsp3) is 0. The van der Waals surface area contributed by atoms with Crippen molar-refractivity contribution in [1.29, 1.82) is 0 Å². The molecule has 0 aromatic carbocycles. The monoisotopic (exact) mass is 312 g/mol. The third kappa shape index (κ3) is 51.3. The van der Waals surface area contributed by atoms with E-state index in [-0.39, 0.29) is 75.4 Å². The summed E-state index contributed by atoms with van der Waals surface area (Å²) in [6.07, 6.45) is 0. The van der Waals surface area contributed by atoms with E-state index in [0.717, 1.165) is 0 Å². The first-order valence-corrected chi connectivity index (χ1v) is 6.57. The minimum atomic E-state index is -3.24. The van der Waals surface area contributed by atoms with E-state index in [1.54, 1.807) is 0 Å². The van der Waals surface area contributed by atoms with Crippen molar-refractivity contribution in [2.75, 3.05) is 0 Å². The summed E-state index contributed by atoms with van der Waals surface area (Å²) in [4.78, 5) is 37.0. The van der Waals surface area contributed by atoms with Crippen LogP contribution in [0, 0.1) is 0 Å². The summed E-state index contributed by atoms with van der Waals surface area (Å²) in [5.41, 5.74) is 0. The number of rotatable bonds is 4. The van der Waals surface area contributed by atoms with Crippen molar-refractivity contribution < 1.29 is 122 Å². The Kier molecular flexibility index (Phi) is 50.6. The van der Waals surface area contributed by atoms with Crippen LogP contribution in [0.2, 0.25) is 0 Å². The maximum absolute atomic E-state index is 9.24. The van der Waals surface area contributed by atoms with Gasteiger partial charge in [0.25, 0.3) is 0 Å². The van der Waals surface area contributed by atoms with Gasteiger partial charge < -0.3 is 19.6 Å². The van der Waals surface area contributed by atoms with Gasteiger partial charge in [0.1, 0.15) is 8.62 Å². The molecule has 18 heteroatoms. The van der Waals surface area contributed by atoms with Gasteiger partial charge in [-0.1, -0.05) is 0 Å². The first-order chi connectivity index (χ1) is 6.25. The molecular formula is Li4O10P4+4. The Morgan fingerprint density at radius 3 is 0.611 bits per heavy atom. The Balaban J connectivity index is -0.0000000327. The molecule has 0 fully saturated rings. The van der Waals surface area contributed by atoms with E-state index in [2.05, 4.69) is 8.62 Å². The quantitative estimate of drug-likeness (QED) is 0.357. The summed E-state index contributed by atoms with van der Waals surface area (Å²) in [5.74, 6) is 0. The predicted octanol–water partition coefficient (Wildman–Crippen LogP) is -13.9. The van der Waals surface area contributed by atoms with E-state index in [9.17, 15) is 37.8 Å². The van der Waals surface area contributed by atoms with Gasteiger partial charge in [-0.2, -0.15) is 0 Å². The van der Waals surface area contributed by atoms with Gasteiger partial charge >= 0.3 is 108 Å². The van der Waals surface area contributed by atoms with Gasteiger partial charge in [-0.05, 0) is 18.3 Å². The summed E-state index contributed by atoms with van der Waals surface area (Å²) < 4.78 is 43.3. The van der Waals surface area contributed by atoms with E-state index >= 15 is 0 Å². The van der Waals surface area contributed by atoms with E-state index in [0.29, 0.717) is 0 Å². The topological polar surface area (TPSA) is 179 Å². The summed E-state index contributed by atoms with van der Waals surface area (Å²) in [6, 6.07) is 0. The van der Waals surface area contributed by atoms with Crippen molar-refractivity contribution in [3.63, 3.8) is 0 Å². The number of hydrogen-bond acceptors (Lipinski definition) is 10. The molecule has 0 heterocycles. The molecule has 0 radical (unpaired) electrons. The van der Waals surface area contributed by atoms with Gasteiger partial charge in [0, 0.05) is 0 Å². The van der Waals surface area contributed by atoms with Gasteiger partial charge in [-0.25, -0.2) is 0 Å². The minimum Gasteiger partial charge on any atom is -0.563 e. The van der Waals surface area contributed by atoms with Crippen molar-refractivity contribution in [1.82, 2.24) is 0 Å².